The van der Waals surface area contributed by atoms with Gasteiger partial charge < -0.3 is 15.0 Å². The summed E-state index contributed by atoms with van der Waals surface area (Å²) in [4.78, 5) is 3.48. The average Bonchev–Trinajstić information content (AvgIpc) is 2.98. The number of hydrogen-bond donors (Lipinski definition) is 2. The van der Waals surface area contributed by atoms with Gasteiger partial charge in [-0.05, 0) is 55.0 Å². The Balaban J connectivity index is 1.95. The van der Waals surface area contributed by atoms with Crippen LogP contribution in [0.25, 0.3) is 4.85 Å². The fraction of sp³-hybridized carbons (Fsp3) is 0.316. The number of halogens is 1. The Morgan fingerprint density at radius 3 is 2.76 bits per heavy atom. The lowest BCUT2D eigenvalue weighted by Crippen LogP contribution is -2.33. The molecule has 1 atom stereocenters. The molecule has 0 spiro atoms. The number of rotatable bonds is 6. The molecular weight excluding hydrogens is 318 g/mol. The van der Waals surface area contributed by atoms with Gasteiger partial charge in [0.25, 0.3) is 0 Å². The number of nitrogens with zero attached hydrogens (tertiary/aromatic N) is 1. The van der Waals surface area contributed by atoms with E-state index in [2.05, 4.69) is 10.1 Å². The number of fused-ring (bicyclic) bond motifs is 1. The van der Waals surface area contributed by atoms with Crippen LogP contribution in [0.15, 0.2) is 42.5 Å². The van der Waals surface area contributed by atoms with E-state index < -0.39 is 12.7 Å². The minimum Gasteiger partial charge on any atom is -0.437 e. The predicted octanol–water partition coefficient (Wildman–Crippen LogP) is 3.63. The van der Waals surface area contributed by atoms with E-state index in [9.17, 15) is 9.41 Å². The second kappa shape index (κ2) is 7.36. The quantitative estimate of drug-likeness (QED) is 0.480. The molecule has 3 rings (SSSR count). The van der Waals surface area contributed by atoms with Crippen LogP contribution in [0.5, 0.6) is 0 Å². The van der Waals surface area contributed by atoms with E-state index in [0.29, 0.717) is 25.3 Å². The topological polar surface area (TPSA) is 45.8 Å². The average molecular weight is 338 g/mol. The van der Waals surface area contributed by atoms with Crippen molar-refractivity contribution >= 4 is 12.7 Å². The molecule has 2 N–H and O–H groups in total. The smallest absolute Gasteiger partial charge is 0.373 e. The van der Waals surface area contributed by atoms with Crippen LogP contribution in [0.3, 0.4) is 0 Å². The summed E-state index contributed by atoms with van der Waals surface area (Å²) in [6, 6.07) is 12.0. The molecule has 0 aromatic heterocycles. The van der Waals surface area contributed by atoms with E-state index in [1.807, 2.05) is 12.1 Å². The van der Waals surface area contributed by atoms with E-state index in [4.69, 9.17) is 11.3 Å². The molecule has 1 aliphatic rings. The van der Waals surface area contributed by atoms with Gasteiger partial charge >= 0.3 is 7.05 Å². The van der Waals surface area contributed by atoms with Crippen LogP contribution < -0.4 is 5.23 Å². The number of ether oxygens (including phenoxy) is 1. The SMILES string of the molecule is [C-]#[N+]c1ccc2c(c1)COC2(CCCNB(C)O)c1ccc(F)cc1. The van der Waals surface area contributed by atoms with Crippen LogP contribution >= 0.6 is 0 Å². The lowest BCUT2D eigenvalue weighted by atomic mass is 9.81. The van der Waals surface area contributed by atoms with Crippen molar-refractivity contribution in [3.63, 3.8) is 0 Å². The molecule has 0 saturated heterocycles. The first kappa shape index (κ1) is 17.6. The van der Waals surface area contributed by atoms with Crippen molar-refractivity contribution in [3.05, 3.63) is 76.4 Å². The van der Waals surface area contributed by atoms with Crippen LogP contribution in [0.2, 0.25) is 6.82 Å². The fourth-order valence-corrected chi connectivity index (χ4v) is 3.40. The summed E-state index contributed by atoms with van der Waals surface area (Å²) in [5.41, 5.74) is 2.88. The van der Waals surface area contributed by atoms with Crippen molar-refractivity contribution < 1.29 is 14.2 Å². The molecule has 0 fully saturated rings. The fourth-order valence-electron chi connectivity index (χ4n) is 3.40. The summed E-state index contributed by atoms with van der Waals surface area (Å²) in [5, 5.41) is 12.3. The molecule has 1 heterocycles. The first-order valence-corrected chi connectivity index (χ1v) is 8.37. The van der Waals surface area contributed by atoms with Crippen molar-refractivity contribution in [3.8, 4) is 0 Å². The monoisotopic (exact) mass is 338 g/mol. The summed E-state index contributed by atoms with van der Waals surface area (Å²) in [6.45, 7) is 9.95. The lowest BCUT2D eigenvalue weighted by Gasteiger charge is -2.31. The highest BCUT2D eigenvalue weighted by Crippen LogP contribution is 2.46. The highest BCUT2D eigenvalue weighted by Gasteiger charge is 2.41. The number of hydrogen-bond acceptors (Lipinski definition) is 3. The molecule has 0 radical (unpaired) electrons. The summed E-state index contributed by atoms with van der Waals surface area (Å²) in [7, 11) is -0.556. The van der Waals surface area contributed by atoms with Gasteiger partial charge in [0, 0.05) is 0 Å². The van der Waals surface area contributed by atoms with Crippen molar-refractivity contribution in [1.29, 1.82) is 0 Å². The van der Waals surface area contributed by atoms with Gasteiger partial charge in [-0.2, -0.15) is 0 Å². The molecule has 2 aromatic rings. The molecular formula is C19H20BFN2O2. The Labute approximate surface area is 147 Å². The van der Waals surface area contributed by atoms with Gasteiger partial charge in [-0.15, -0.1) is 0 Å². The molecule has 1 unspecified atom stereocenters. The Bertz CT molecular complexity index is 789. The van der Waals surface area contributed by atoms with Crippen LogP contribution in [-0.4, -0.2) is 18.6 Å². The van der Waals surface area contributed by atoms with Crippen LogP contribution in [0.4, 0.5) is 10.1 Å². The molecule has 0 saturated carbocycles. The highest BCUT2D eigenvalue weighted by molar-refractivity contribution is 6.45. The van der Waals surface area contributed by atoms with Gasteiger partial charge in [0.15, 0.2) is 5.69 Å². The molecule has 0 amide bonds. The first-order chi connectivity index (χ1) is 12.0. The zero-order valence-electron chi connectivity index (χ0n) is 14.1. The number of nitrogens with one attached hydrogen (secondary N) is 1. The molecule has 0 aliphatic carbocycles. The van der Waals surface area contributed by atoms with Crippen molar-refractivity contribution in [2.75, 3.05) is 6.54 Å². The van der Waals surface area contributed by atoms with Crippen molar-refractivity contribution in [2.45, 2.75) is 31.9 Å². The highest BCUT2D eigenvalue weighted by atomic mass is 19.1. The van der Waals surface area contributed by atoms with E-state index in [0.717, 1.165) is 23.1 Å². The van der Waals surface area contributed by atoms with E-state index in [1.165, 1.54) is 12.1 Å². The maximum absolute atomic E-state index is 13.4. The van der Waals surface area contributed by atoms with E-state index in [-0.39, 0.29) is 5.82 Å². The van der Waals surface area contributed by atoms with Crippen molar-refractivity contribution in [2.24, 2.45) is 0 Å². The maximum atomic E-state index is 13.4. The zero-order chi connectivity index (χ0) is 17.9. The Hall–Kier alpha value is -2.20. The molecule has 4 nitrogen and oxygen atoms in total. The van der Waals surface area contributed by atoms with Crippen LogP contribution in [0, 0.1) is 12.4 Å². The van der Waals surface area contributed by atoms with Gasteiger partial charge in [0.05, 0.1) is 13.2 Å². The molecule has 0 bridgehead atoms. The lowest BCUT2D eigenvalue weighted by molar-refractivity contribution is -0.0128. The van der Waals surface area contributed by atoms with E-state index >= 15 is 0 Å². The largest absolute Gasteiger partial charge is 0.437 e. The van der Waals surface area contributed by atoms with Gasteiger partial charge in [0.2, 0.25) is 0 Å². The van der Waals surface area contributed by atoms with Gasteiger partial charge in [0.1, 0.15) is 11.4 Å². The minimum atomic E-state index is -0.649. The van der Waals surface area contributed by atoms with Crippen LogP contribution in [0.1, 0.15) is 29.5 Å². The van der Waals surface area contributed by atoms with Gasteiger partial charge in [-0.3, -0.25) is 0 Å². The summed E-state index contributed by atoms with van der Waals surface area (Å²) in [6.07, 6.45) is 1.48. The van der Waals surface area contributed by atoms with Gasteiger partial charge in [-0.25, -0.2) is 9.24 Å². The summed E-state index contributed by atoms with van der Waals surface area (Å²) < 4.78 is 19.6. The predicted molar refractivity (Wildman–Crippen MR) is 95.7 cm³/mol. The maximum Gasteiger partial charge on any atom is 0.373 e. The standard InChI is InChI=1S/C19H20BFN2O2/c1-20(24)23-11-3-10-19(15-4-6-16(21)7-5-15)18-9-8-17(22-2)12-14(18)13-25-19/h4-9,12,23-24H,3,10-11,13H2,1H3. The van der Waals surface area contributed by atoms with Crippen molar-refractivity contribution in [1.82, 2.24) is 5.23 Å². The van der Waals surface area contributed by atoms with E-state index in [1.54, 1.807) is 25.0 Å². The Morgan fingerprint density at radius 1 is 1.32 bits per heavy atom. The Morgan fingerprint density at radius 2 is 2.08 bits per heavy atom. The normalized spacial score (nSPS) is 18.6. The molecule has 128 valence electrons. The Kier molecular flexibility index (Phi) is 5.19. The third kappa shape index (κ3) is 3.59. The molecule has 2 aromatic carbocycles. The zero-order valence-corrected chi connectivity index (χ0v) is 14.1. The van der Waals surface area contributed by atoms with Gasteiger partial charge in [-0.1, -0.05) is 30.3 Å². The number of benzene rings is 2. The first-order valence-electron chi connectivity index (χ1n) is 8.37. The second-order valence-corrected chi connectivity index (χ2v) is 6.31. The molecule has 6 heteroatoms. The molecule has 25 heavy (non-hydrogen) atoms. The minimum absolute atomic E-state index is 0.281. The van der Waals surface area contributed by atoms with Crippen LogP contribution in [-0.2, 0) is 16.9 Å². The summed E-state index contributed by atoms with van der Waals surface area (Å²) >= 11 is 0. The molecule has 1 aliphatic heterocycles. The summed E-state index contributed by atoms with van der Waals surface area (Å²) in [5.74, 6) is -0.281. The second-order valence-electron chi connectivity index (χ2n) is 6.31. The third-order valence-corrected chi connectivity index (χ3v) is 4.58. The third-order valence-electron chi connectivity index (χ3n) is 4.58.